The van der Waals surface area contributed by atoms with E-state index >= 15 is 0 Å². The Balaban J connectivity index is 1.53. The molecule has 1 amide bonds. The molecule has 31 heavy (non-hydrogen) atoms. The van der Waals surface area contributed by atoms with E-state index in [1.807, 2.05) is 0 Å². The van der Waals surface area contributed by atoms with Crippen LogP contribution in [0.5, 0.6) is 0 Å². The molecule has 4 N–H and O–H groups in total. The van der Waals surface area contributed by atoms with Gasteiger partial charge in [0.15, 0.2) is 11.7 Å². The quantitative estimate of drug-likeness (QED) is 0.437. The van der Waals surface area contributed by atoms with Crippen molar-refractivity contribution in [3.05, 3.63) is 41.5 Å². The highest BCUT2D eigenvalue weighted by Gasteiger charge is 2.32. The third-order valence-corrected chi connectivity index (χ3v) is 5.65. The van der Waals surface area contributed by atoms with Crippen LogP contribution < -0.4 is 16.0 Å². The Morgan fingerprint density at radius 3 is 2.48 bits per heavy atom. The summed E-state index contributed by atoms with van der Waals surface area (Å²) in [5.41, 5.74) is 6.66. The van der Waals surface area contributed by atoms with Gasteiger partial charge in [-0.15, -0.1) is 0 Å². The first kappa shape index (κ1) is 21.3. The number of nitrogens with two attached hydrogens (primary N) is 1. The van der Waals surface area contributed by atoms with Crippen LogP contribution in [0, 0.1) is 11.2 Å². The number of carbonyl (C=O) groups is 1. The number of pyridine rings is 1. The van der Waals surface area contributed by atoms with Crippen molar-refractivity contribution in [1.82, 2.24) is 19.9 Å². The van der Waals surface area contributed by atoms with Crippen LogP contribution in [-0.4, -0.2) is 77.0 Å². The summed E-state index contributed by atoms with van der Waals surface area (Å²) in [6.45, 7) is 4.66. The van der Waals surface area contributed by atoms with Gasteiger partial charge >= 0.3 is 0 Å². The topological polar surface area (TPSA) is 133 Å². The predicted molar refractivity (Wildman–Crippen MR) is 113 cm³/mol. The van der Waals surface area contributed by atoms with E-state index in [0.29, 0.717) is 22.4 Å². The highest BCUT2D eigenvalue weighted by molar-refractivity contribution is 6.34. The molecule has 0 bridgehead atoms. The number of amides is 1. The van der Waals surface area contributed by atoms with Gasteiger partial charge in [-0.3, -0.25) is 20.1 Å². The lowest BCUT2D eigenvalue weighted by Crippen LogP contribution is -2.56. The number of ether oxygens (including phenoxy) is 1. The molecule has 4 rings (SSSR count). The normalized spacial score (nSPS) is 18.3. The first-order chi connectivity index (χ1) is 14.9. The van der Waals surface area contributed by atoms with Gasteiger partial charge in [0, 0.05) is 32.4 Å². The molecule has 2 saturated heterocycles. The standard InChI is InChI=1S/C19H22ClFN8O2/c20-13-7-24-8-14(16(13)29-3-1-28(2-4-29)12-9-31-10-12)27-19(30)15(17(22)23)18-25-5-11(21)6-26-18/h5-8,12,15H,1-4,9-10H2,(H3,22,23)(H,27,30). The van der Waals surface area contributed by atoms with Crippen molar-refractivity contribution in [2.24, 2.45) is 5.73 Å². The lowest BCUT2D eigenvalue weighted by Gasteiger charge is -2.43. The molecule has 0 aliphatic carbocycles. The average Bonchev–Trinajstić information content (AvgIpc) is 2.69. The molecule has 0 aromatic carbocycles. The maximum atomic E-state index is 13.2. The van der Waals surface area contributed by atoms with Gasteiger partial charge in [-0.05, 0) is 0 Å². The molecule has 0 saturated carbocycles. The fourth-order valence-electron chi connectivity index (χ4n) is 3.66. The van der Waals surface area contributed by atoms with Crippen LogP contribution in [0.1, 0.15) is 11.7 Å². The Kier molecular flexibility index (Phi) is 6.25. The van der Waals surface area contributed by atoms with Crippen LogP contribution in [0.2, 0.25) is 5.02 Å². The Morgan fingerprint density at radius 2 is 1.90 bits per heavy atom. The fourth-order valence-corrected chi connectivity index (χ4v) is 3.94. The van der Waals surface area contributed by atoms with E-state index in [4.69, 9.17) is 27.5 Å². The second-order valence-corrected chi connectivity index (χ2v) is 7.78. The van der Waals surface area contributed by atoms with Gasteiger partial charge in [0.05, 0.1) is 54.2 Å². The number of amidine groups is 1. The number of aromatic nitrogens is 3. The van der Waals surface area contributed by atoms with Crippen molar-refractivity contribution in [1.29, 1.82) is 5.41 Å². The van der Waals surface area contributed by atoms with Gasteiger partial charge in [0.1, 0.15) is 11.7 Å². The van der Waals surface area contributed by atoms with Crippen LogP contribution in [0.3, 0.4) is 0 Å². The minimum Gasteiger partial charge on any atom is -0.387 e. The van der Waals surface area contributed by atoms with Gasteiger partial charge in [-0.2, -0.15) is 0 Å². The summed E-state index contributed by atoms with van der Waals surface area (Å²) in [5, 5.41) is 10.9. The van der Waals surface area contributed by atoms with E-state index in [1.165, 1.54) is 12.4 Å². The monoisotopic (exact) mass is 448 g/mol. The third-order valence-electron chi connectivity index (χ3n) is 5.37. The molecule has 0 spiro atoms. The van der Waals surface area contributed by atoms with Crippen LogP contribution >= 0.6 is 11.6 Å². The molecule has 12 heteroatoms. The molecule has 2 fully saturated rings. The fraction of sp³-hybridized carbons (Fsp3) is 0.421. The minimum absolute atomic E-state index is 0.0701. The average molecular weight is 449 g/mol. The molecule has 1 atom stereocenters. The Hall–Kier alpha value is -2.89. The van der Waals surface area contributed by atoms with E-state index in [0.717, 1.165) is 51.8 Å². The number of rotatable bonds is 6. The van der Waals surface area contributed by atoms with Gasteiger partial charge in [0.25, 0.3) is 0 Å². The first-order valence-electron chi connectivity index (χ1n) is 9.76. The van der Waals surface area contributed by atoms with Crippen molar-refractivity contribution in [3.8, 4) is 0 Å². The molecular formula is C19H22ClFN8O2. The molecule has 0 radical (unpaired) electrons. The van der Waals surface area contributed by atoms with Gasteiger partial charge in [-0.25, -0.2) is 14.4 Å². The lowest BCUT2D eigenvalue weighted by atomic mass is 10.1. The van der Waals surface area contributed by atoms with Gasteiger partial charge in [-0.1, -0.05) is 11.6 Å². The Morgan fingerprint density at radius 1 is 1.23 bits per heavy atom. The second kappa shape index (κ2) is 9.08. The van der Waals surface area contributed by atoms with E-state index in [1.54, 1.807) is 0 Å². The van der Waals surface area contributed by atoms with Crippen LogP contribution in [0.4, 0.5) is 15.8 Å². The summed E-state index contributed by atoms with van der Waals surface area (Å²) in [5.74, 6) is -3.09. The van der Waals surface area contributed by atoms with Crippen molar-refractivity contribution in [2.75, 3.05) is 49.6 Å². The molecule has 164 valence electrons. The molecule has 4 heterocycles. The molecule has 2 aromatic rings. The summed E-state index contributed by atoms with van der Waals surface area (Å²) >= 11 is 6.44. The van der Waals surface area contributed by atoms with Gasteiger partial charge in [0.2, 0.25) is 5.91 Å². The molecule has 10 nitrogen and oxygen atoms in total. The molecule has 2 aliphatic heterocycles. The van der Waals surface area contributed by atoms with Crippen molar-refractivity contribution >= 4 is 34.7 Å². The number of piperazine rings is 1. The maximum Gasteiger partial charge on any atom is 0.242 e. The maximum absolute atomic E-state index is 13.2. The number of nitrogens with one attached hydrogen (secondary N) is 2. The number of carbonyl (C=O) groups excluding carboxylic acids is 1. The predicted octanol–water partition coefficient (Wildman–Crippen LogP) is 0.843. The summed E-state index contributed by atoms with van der Waals surface area (Å²) in [6, 6.07) is 0.460. The zero-order chi connectivity index (χ0) is 22.0. The SMILES string of the molecule is N=C(N)C(C(=O)Nc1cncc(Cl)c1N1CCN(C2COC2)CC1)c1ncc(F)cn1. The van der Waals surface area contributed by atoms with Crippen molar-refractivity contribution in [3.63, 3.8) is 0 Å². The Bertz CT molecular complexity index is 964. The number of anilines is 2. The second-order valence-electron chi connectivity index (χ2n) is 7.37. The number of nitrogens with zero attached hydrogens (tertiary/aromatic N) is 5. The van der Waals surface area contributed by atoms with Crippen molar-refractivity contribution in [2.45, 2.75) is 12.0 Å². The summed E-state index contributed by atoms with van der Waals surface area (Å²) in [6.07, 6.45) is 4.85. The van der Waals surface area contributed by atoms with E-state index < -0.39 is 23.5 Å². The van der Waals surface area contributed by atoms with E-state index in [9.17, 15) is 9.18 Å². The summed E-state index contributed by atoms with van der Waals surface area (Å²) in [7, 11) is 0. The third kappa shape index (κ3) is 4.58. The largest absolute Gasteiger partial charge is 0.387 e. The van der Waals surface area contributed by atoms with Crippen molar-refractivity contribution < 1.29 is 13.9 Å². The molecule has 2 aromatic heterocycles. The number of halogens is 2. The highest BCUT2D eigenvalue weighted by Crippen LogP contribution is 2.34. The van der Waals surface area contributed by atoms with Crippen LogP contribution in [-0.2, 0) is 9.53 Å². The van der Waals surface area contributed by atoms with Crippen LogP contribution in [0.15, 0.2) is 24.8 Å². The summed E-state index contributed by atoms with van der Waals surface area (Å²) in [4.78, 5) is 29.1. The minimum atomic E-state index is -1.28. The van der Waals surface area contributed by atoms with E-state index in [-0.39, 0.29) is 5.82 Å². The number of hydrogen-bond acceptors (Lipinski definition) is 8. The molecule has 2 aliphatic rings. The zero-order valence-electron chi connectivity index (χ0n) is 16.6. The Labute approximate surface area is 183 Å². The molecular weight excluding hydrogens is 427 g/mol. The summed E-state index contributed by atoms with van der Waals surface area (Å²) < 4.78 is 18.4. The highest BCUT2D eigenvalue weighted by atomic mass is 35.5. The zero-order valence-corrected chi connectivity index (χ0v) is 17.3. The smallest absolute Gasteiger partial charge is 0.242 e. The van der Waals surface area contributed by atoms with Gasteiger partial charge < -0.3 is 20.7 Å². The molecule has 1 unspecified atom stereocenters. The number of hydrogen-bond donors (Lipinski definition) is 3. The lowest BCUT2D eigenvalue weighted by molar-refractivity contribution is -0.116. The first-order valence-corrected chi connectivity index (χ1v) is 10.1. The van der Waals surface area contributed by atoms with E-state index in [2.05, 4.69) is 30.1 Å². The van der Waals surface area contributed by atoms with Crippen LogP contribution in [0.25, 0.3) is 0 Å².